The molecule has 0 saturated heterocycles. The molecule has 3 rings (SSSR count). The molecule has 5 heteroatoms. The molecule has 0 fully saturated rings. The third-order valence-corrected chi connectivity index (χ3v) is 4.09. The van der Waals surface area contributed by atoms with E-state index < -0.39 is 0 Å². The molecule has 3 aromatic rings. The van der Waals surface area contributed by atoms with E-state index in [1.54, 1.807) is 18.5 Å². The monoisotopic (exact) mass is 361 g/mol. The number of hydrogen-bond donors (Lipinski definition) is 2. The van der Waals surface area contributed by atoms with E-state index in [9.17, 15) is 4.79 Å². The zero-order chi connectivity index (χ0) is 19.1. The van der Waals surface area contributed by atoms with Crippen LogP contribution in [0.3, 0.4) is 0 Å². The Hall–Kier alpha value is -3.34. The van der Waals surface area contributed by atoms with Crippen LogP contribution >= 0.6 is 0 Å². The molecule has 1 amide bonds. The Balaban J connectivity index is 1.73. The van der Waals surface area contributed by atoms with E-state index in [0.29, 0.717) is 23.6 Å². The first-order valence-corrected chi connectivity index (χ1v) is 9.03. The van der Waals surface area contributed by atoms with Crippen molar-refractivity contribution in [1.29, 1.82) is 0 Å². The zero-order valence-electron chi connectivity index (χ0n) is 15.5. The summed E-state index contributed by atoms with van der Waals surface area (Å²) in [6.45, 7) is 4.56. The molecular weight excluding hydrogens is 338 g/mol. The third kappa shape index (κ3) is 4.85. The maximum Gasteiger partial charge on any atom is 0.257 e. The smallest absolute Gasteiger partial charge is 0.257 e. The summed E-state index contributed by atoms with van der Waals surface area (Å²) in [7, 11) is 0. The van der Waals surface area contributed by atoms with Crippen LogP contribution in [0.25, 0.3) is 0 Å². The zero-order valence-corrected chi connectivity index (χ0v) is 15.5. The van der Waals surface area contributed by atoms with Gasteiger partial charge in [0.2, 0.25) is 0 Å². The Morgan fingerprint density at radius 3 is 2.52 bits per heavy atom. The van der Waals surface area contributed by atoms with Crippen LogP contribution in [0, 0.1) is 0 Å². The van der Waals surface area contributed by atoms with E-state index in [4.69, 9.17) is 4.74 Å². The molecule has 2 N–H and O–H groups in total. The SMILES string of the molecule is CCOc1ccccc1NC(=O)c1cncc(Nc2ccc(CC)cc2)c1. The predicted octanol–water partition coefficient (Wildman–Crippen LogP) is 5.04. The first kappa shape index (κ1) is 18.5. The lowest BCUT2D eigenvalue weighted by Crippen LogP contribution is -2.13. The Morgan fingerprint density at radius 1 is 1.00 bits per heavy atom. The van der Waals surface area contributed by atoms with E-state index in [2.05, 4.69) is 34.7 Å². The Bertz CT molecular complexity index is 907. The third-order valence-electron chi connectivity index (χ3n) is 4.09. The van der Waals surface area contributed by atoms with E-state index in [1.165, 1.54) is 5.56 Å². The minimum absolute atomic E-state index is 0.236. The molecule has 0 radical (unpaired) electrons. The summed E-state index contributed by atoms with van der Waals surface area (Å²) in [5.74, 6) is 0.409. The second-order valence-electron chi connectivity index (χ2n) is 6.02. The fourth-order valence-corrected chi connectivity index (χ4v) is 2.67. The number of ether oxygens (including phenoxy) is 1. The molecule has 5 nitrogen and oxygen atoms in total. The first-order valence-electron chi connectivity index (χ1n) is 9.03. The molecule has 27 heavy (non-hydrogen) atoms. The molecule has 0 saturated carbocycles. The highest BCUT2D eigenvalue weighted by atomic mass is 16.5. The van der Waals surface area contributed by atoms with Crippen LogP contribution < -0.4 is 15.4 Å². The minimum atomic E-state index is -0.236. The minimum Gasteiger partial charge on any atom is -0.492 e. The van der Waals surface area contributed by atoms with Crippen LogP contribution in [0.5, 0.6) is 5.75 Å². The van der Waals surface area contributed by atoms with E-state index in [1.807, 2.05) is 43.3 Å². The predicted molar refractivity (Wildman–Crippen MR) is 109 cm³/mol. The van der Waals surface area contributed by atoms with Gasteiger partial charge in [-0.1, -0.05) is 31.2 Å². The molecule has 0 aliphatic rings. The van der Waals surface area contributed by atoms with Crippen molar-refractivity contribution in [2.24, 2.45) is 0 Å². The molecule has 1 heterocycles. The molecule has 1 aromatic heterocycles. The topological polar surface area (TPSA) is 63.2 Å². The van der Waals surface area contributed by atoms with Gasteiger partial charge in [0.05, 0.1) is 29.7 Å². The number of nitrogens with one attached hydrogen (secondary N) is 2. The van der Waals surface area contributed by atoms with Crippen molar-refractivity contribution in [1.82, 2.24) is 4.98 Å². The van der Waals surface area contributed by atoms with Gasteiger partial charge in [-0.25, -0.2) is 0 Å². The van der Waals surface area contributed by atoms with Crippen molar-refractivity contribution in [2.75, 3.05) is 17.2 Å². The summed E-state index contributed by atoms with van der Waals surface area (Å²) in [5, 5.41) is 6.16. The van der Waals surface area contributed by atoms with E-state index in [-0.39, 0.29) is 5.91 Å². The van der Waals surface area contributed by atoms with Crippen molar-refractivity contribution in [3.63, 3.8) is 0 Å². The molecule has 0 aliphatic carbocycles. The summed E-state index contributed by atoms with van der Waals surface area (Å²) in [4.78, 5) is 16.8. The fraction of sp³-hybridized carbons (Fsp3) is 0.182. The number of nitrogens with zero attached hydrogens (tertiary/aromatic N) is 1. The van der Waals surface area contributed by atoms with Crippen LogP contribution in [0.2, 0.25) is 0 Å². The van der Waals surface area contributed by atoms with Gasteiger partial charge in [0, 0.05) is 11.9 Å². The largest absolute Gasteiger partial charge is 0.492 e. The number of carbonyl (C=O) groups excluding carboxylic acids is 1. The van der Waals surface area contributed by atoms with Gasteiger partial charge in [-0.2, -0.15) is 0 Å². The Labute approximate surface area is 159 Å². The fourth-order valence-electron chi connectivity index (χ4n) is 2.67. The van der Waals surface area contributed by atoms with Crippen molar-refractivity contribution < 1.29 is 9.53 Å². The molecule has 0 atom stereocenters. The van der Waals surface area contributed by atoms with E-state index >= 15 is 0 Å². The standard InChI is InChI=1S/C22H23N3O2/c1-3-16-9-11-18(12-10-16)24-19-13-17(14-23-15-19)22(26)25-20-7-5-6-8-21(20)27-4-2/h5-15,24H,3-4H2,1-2H3,(H,25,26). The number of aryl methyl sites for hydroxylation is 1. The summed E-state index contributed by atoms with van der Waals surface area (Å²) in [6.07, 6.45) is 4.24. The van der Waals surface area contributed by atoms with Crippen molar-refractivity contribution in [3.8, 4) is 5.75 Å². The maximum atomic E-state index is 12.6. The number of benzene rings is 2. The first-order chi connectivity index (χ1) is 13.2. The number of hydrogen-bond acceptors (Lipinski definition) is 4. The maximum absolute atomic E-state index is 12.6. The lowest BCUT2D eigenvalue weighted by molar-refractivity contribution is 0.102. The van der Waals surface area contributed by atoms with Crippen molar-refractivity contribution in [2.45, 2.75) is 20.3 Å². The van der Waals surface area contributed by atoms with Gasteiger partial charge in [-0.3, -0.25) is 9.78 Å². The highest BCUT2D eigenvalue weighted by Crippen LogP contribution is 2.25. The number of amides is 1. The average Bonchev–Trinajstić information content (AvgIpc) is 2.70. The number of carbonyl (C=O) groups is 1. The lowest BCUT2D eigenvalue weighted by Gasteiger charge is -2.12. The van der Waals surface area contributed by atoms with Crippen LogP contribution in [0.4, 0.5) is 17.1 Å². The van der Waals surface area contributed by atoms with Gasteiger partial charge in [-0.05, 0) is 49.2 Å². The highest BCUT2D eigenvalue weighted by molar-refractivity contribution is 6.05. The molecule has 2 aromatic carbocycles. The highest BCUT2D eigenvalue weighted by Gasteiger charge is 2.11. The van der Waals surface area contributed by atoms with Crippen LogP contribution in [0.15, 0.2) is 67.0 Å². The van der Waals surface area contributed by atoms with Gasteiger partial charge in [-0.15, -0.1) is 0 Å². The quantitative estimate of drug-likeness (QED) is 0.619. The summed E-state index contributed by atoms with van der Waals surface area (Å²) in [6, 6.07) is 17.3. The molecule has 138 valence electrons. The molecule has 0 bridgehead atoms. The number of rotatable bonds is 7. The second kappa shape index (κ2) is 8.85. The van der Waals surface area contributed by atoms with Crippen molar-refractivity contribution in [3.05, 3.63) is 78.1 Å². The van der Waals surface area contributed by atoms with Gasteiger partial charge in [0.1, 0.15) is 5.75 Å². The average molecular weight is 361 g/mol. The van der Waals surface area contributed by atoms with Gasteiger partial charge in [0.15, 0.2) is 0 Å². The second-order valence-corrected chi connectivity index (χ2v) is 6.02. The van der Waals surface area contributed by atoms with Gasteiger partial charge < -0.3 is 15.4 Å². The molecular formula is C22H23N3O2. The van der Waals surface area contributed by atoms with Gasteiger partial charge >= 0.3 is 0 Å². The molecule has 0 spiro atoms. The summed E-state index contributed by atoms with van der Waals surface area (Å²) in [5.41, 5.74) is 4.09. The Kier molecular flexibility index (Phi) is 6.05. The number of aromatic nitrogens is 1. The van der Waals surface area contributed by atoms with E-state index in [0.717, 1.165) is 17.8 Å². The molecule has 0 unspecified atom stereocenters. The van der Waals surface area contributed by atoms with Crippen LogP contribution in [-0.4, -0.2) is 17.5 Å². The number of para-hydroxylation sites is 2. The summed E-state index contributed by atoms with van der Waals surface area (Å²) >= 11 is 0. The number of pyridine rings is 1. The normalized spacial score (nSPS) is 10.3. The number of anilines is 3. The molecule has 0 aliphatic heterocycles. The summed E-state index contributed by atoms with van der Waals surface area (Å²) < 4.78 is 5.55. The lowest BCUT2D eigenvalue weighted by atomic mass is 10.1. The van der Waals surface area contributed by atoms with Crippen LogP contribution in [-0.2, 0) is 6.42 Å². The Morgan fingerprint density at radius 2 is 1.78 bits per heavy atom. The van der Waals surface area contributed by atoms with Crippen molar-refractivity contribution >= 4 is 23.0 Å². The van der Waals surface area contributed by atoms with Crippen LogP contribution in [0.1, 0.15) is 29.8 Å². The van der Waals surface area contributed by atoms with Gasteiger partial charge in [0.25, 0.3) is 5.91 Å².